The zero-order valence-corrected chi connectivity index (χ0v) is 30.6. The van der Waals surface area contributed by atoms with Crippen LogP contribution in [0.3, 0.4) is 0 Å². The molecule has 262 valence electrons. The van der Waals surface area contributed by atoms with E-state index in [1.54, 1.807) is 0 Å². The van der Waals surface area contributed by atoms with Gasteiger partial charge < -0.3 is 8.98 Å². The number of rotatable bonds is 4. The van der Waals surface area contributed by atoms with Crippen molar-refractivity contribution >= 4 is 54.8 Å². The quantitative estimate of drug-likeness (QED) is 0.183. The molecule has 0 aliphatic heterocycles. The van der Waals surface area contributed by atoms with Crippen LogP contribution in [-0.2, 0) is 0 Å². The van der Waals surface area contributed by atoms with E-state index in [1.165, 1.54) is 27.4 Å². The van der Waals surface area contributed by atoms with Crippen molar-refractivity contribution in [2.75, 3.05) is 0 Å². The first-order valence-corrected chi connectivity index (χ1v) is 18.7. The number of imidazole rings is 1. The average molecular weight is 708 g/mol. The van der Waals surface area contributed by atoms with Crippen molar-refractivity contribution < 1.29 is 4.42 Å². The van der Waals surface area contributed by atoms with E-state index in [-0.39, 0.29) is 0 Å². The number of hydrogen-bond donors (Lipinski definition) is 0. The first-order valence-electron chi connectivity index (χ1n) is 18.7. The first kappa shape index (κ1) is 32.5. The van der Waals surface area contributed by atoms with Crippen LogP contribution in [0, 0.1) is 13.8 Å². The molecule has 8 aromatic carbocycles. The van der Waals surface area contributed by atoms with Crippen molar-refractivity contribution in [3.8, 4) is 33.9 Å². The van der Waals surface area contributed by atoms with Gasteiger partial charge in [0.25, 0.3) is 0 Å². The van der Waals surface area contributed by atoms with Crippen LogP contribution in [0.4, 0.5) is 0 Å². The third-order valence-corrected chi connectivity index (χ3v) is 10.8. The Labute approximate surface area is 319 Å². The molecule has 11 aromatic rings. The Bertz CT molecular complexity index is 3140. The lowest BCUT2D eigenvalue weighted by atomic mass is 10.0. The number of benzene rings is 8. The second-order valence-corrected chi connectivity index (χ2v) is 14.1. The molecule has 0 spiro atoms. The molecule has 4 nitrogen and oxygen atoms in total. The van der Waals surface area contributed by atoms with E-state index in [2.05, 4.69) is 187 Å². The van der Waals surface area contributed by atoms with Gasteiger partial charge in [-0.2, -0.15) is 0 Å². The number of aryl methyl sites for hydroxylation is 2. The predicted molar refractivity (Wildman–Crippen MR) is 229 cm³/mol. The summed E-state index contributed by atoms with van der Waals surface area (Å²) >= 11 is 0. The van der Waals surface area contributed by atoms with E-state index in [9.17, 15) is 0 Å². The molecule has 0 aliphatic carbocycles. The largest absolute Gasteiger partial charge is 0.455 e. The van der Waals surface area contributed by atoms with Crippen molar-refractivity contribution in [3.63, 3.8) is 0 Å². The summed E-state index contributed by atoms with van der Waals surface area (Å²) in [6.45, 7) is 4.24. The van der Waals surface area contributed by atoms with Crippen LogP contribution in [0.1, 0.15) is 11.1 Å². The van der Waals surface area contributed by atoms with Gasteiger partial charge in [0.05, 0.1) is 22.1 Å². The summed E-state index contributed by atoms with van der Waals surface area (Å²) in [5, 5.41) is 4.71. The molecule has 11 rings (SSSR count). The summed E-state index contributed by atoms with van der Waals surface area (Å²) in [7, 11) is 0. The first-order chi connectivity index (χ1) is 27.1. The lowest BCUT2D eigenvalue weighted by molar-refractivity contribution is 0.670. The third kappa shape index (κ3) is 5.58. The van der Waals surface area contributed by atoms with Crippen molar-refractivity contribution in [2.24, 2.45) is 0 Å². The van der Waals surface area contributed by atoms with Gasteiger partial charge in [0.15, 0.2) is 0 Å². The molecule has 55 heavy (non-hydrogen) atoms. The van der Waals surface area contributed by atoms with Crippen LogP contribution in [0.5, 0.6) is 0 Å². The summed E-state index contributed by atoms with van der Waals surface area (Å²) in [5.41, 5.74) is 14.5. The maximum atomic E-state index is 6.40. The minimum atomic E-state index is 0.912. The Balaban J connectivity index is 0.000000417. The molecular formula is C51H37N3O. The van der Waals surface area contributed by atoms with Gasteiger partial charge in [-0.25, -0.2) is 4.98 Å². The van der Waals surface area contributed by atoms with Crippen LogP contribution in [0.2, 0.25) is 0 Å². The highest BCUT2D eigenvalue weighted by molar-refractivity contribution is 6.13. The summed E-state index contributed by atoms with van der Waals surface area (Å²) < 4.78 is 11.0. The van der Waals surface area contributed by atoms with Crippen LogP contribution >= 0.6 is 0 Å². The number of para-hydroxylation sites is 6. The second-order valence-electron chi connectivity index (χ2n) is 14.1. The summed E-state index contributed by atoms with van der Waals surface area (Å²) in [6, 6.07) is 66.1. The van der Waals surface area contributed by atoms with E-state index >= 15 is 0 Å². The molecule has 0 N–H and O–H groups in total. The fourth-order valence-electron chi connectivity index (χ4n) is 7.87. The minimum absolute atomic E-state index is 0.912. The van der Waals surface area contributed by atoms with Crippen LogP contribution in [0.25, 0.3) is 88.7 Å². The van der Waals surface area contributed by atoms with E-state index in [1.807, 2.05) is 24.3 Å². The van der Waals surface area contributed by atoms with Gasteiger partial charge in [0, 0.05) is 44.0 Å². The van der Waals surface area contributed by atoms with Crippen LogP contribution < -0.4 is 0 Å². The summed E-state index contributed by atoms with van der Waals surface area (Å²) in [6.07, 6.45) is 0. The standard InChI is InChI=1S/C43H27N3O.C8H10/c1-2-11-30(12-3-1)46-40-19-8-6-17-37(40)44-43(46)28-21-24-31(25-22-28)45-38-18-7-4-13-33(38)36-27-29(23-26-39(36)45)32-15-10-16-35-34-14-5-9-20-41(34)47-42(32)35;1-7-5-3-4-6-8(7)2/h1-27H;3-6H,1-2H3. The van der Waals surface area contributed by atoms with Crippen molar-refractivity contribution in [1.29, 1.82) is 0 Å². The Kier molecular flexibility index (Phi) is 7.88. The maximum Gasteiger partial charge on any atom is 0.145 e. The number of fused-ring (bicyclic) bond motifs is 7. The van der Waals surface area contributed by atoms with Gasteiger partial charge in [-0.15, -0.1) is 0 Å². The lowest BCUT2D eigenvalue weighted by Gasteiger charge is -2.12. The number of furan rings is 1. The fourth-order valence-corrected chi connectivity index (χ4v) is 7.87. The highest BCUT2D eigenvalue weighted by atomic mass is 16.3. The summed E-state index contributed by atoms with van der Waals surface area (Å²) in [5.74, 6) is 0.926. The molecule has 3 heterocycles. The Morgan fingerprint density at radius 1 is 0.418 bits per heavy atom. The van der Waals surface area contributed by atoms with Crippen molar-refractivity contribution in [3.05, 3.63) is 199 Å². The number of nitrogens with zero attached hydrogens (tertiary/aromatic N) is 3. The molecule has 0 radical (unpaired) electrons. The molecule has 0 saturated carbocycles. The van der Waals surface area contributed by atoms with Gasteiger partial charge in [-0.3, -0.25) is 4.57 Å². The maximum absolute atomic E-state index is 6.40. The molecule has 0 saturated heterocycles. The monoisotopic (exact) mass is 707 g/mol. The molecular weight excluding hydrogens is 671 g/mol. The van der Waals surface area contributed by atoms with Gasteiger partial charge >= 0.3 is 0 Å². The zero-order valence-electron chi connectivity index (χ0n) is 30.6. The van der Waals surface area contributed by atoms with Crippen molar-refractivity contribution in [1.82, 2.24) is 14.1 Å². The van der Waals surface area contributed by atoms with Gasteiger partial charge in [0.2, 0.25) is 0 Å². The molecule has 0 atom stereocenters. The number of aromatic nitrogens is 3. The summed E-state index contributed by atoms with van der Waals surface area (Å²) in [4.78, 5) is 5.07. The molecule has 4 heteroatoms. The normalized spacial score (nSPS) is 11.5. The van der Waals surface area contributed by atoms with Gasteiger partial charge in [0.1, 0.15) is 17.0 Å². The Morgan fingerprint density at radius 2 is 1.02 bits per heavy atom. The molecule has 0 aliphatic rings. The lowest BCUT2D eigenvalue weighted by Crippen LogP contribution is -1.98. The SMILES string of the molecule is Cc1ccccc1C.c1ccc(-n2c(-c3ccc(-n4c5ccccc5c5cc(-c6cccc7c6oc6ccccc67)ccc54)cc3)nc3ccccc32)cc1. The van der Waals surface area contributed by atoms with Crippen LogP contribution in [-0.4, -0.2) is 14.1 Å². The van der Waals surface area contributed by atoms with E-state index in [0.717, 1.165) is 72.4 Å². The van der Waals surface area contributed by atoms with Gasteiger partial charge in [-0.05, 0) is 103 Å². The van der Waals surface area contributed by atoms with E-state index in [0.29, 0.717) is 0 Å². The highest BCUT2D eigenvalue weighted by Gasteiger charge is 2.18. The van der Waals surface area contributed by atoms with Crippen LogP contribution in [0.15, 0.2) is 192 Å². The predicted octanol–water partition coefficient (Wildman–Crippen LogP) is 13.7. The Hall–Kier alpha value is -7.17. The topological polar surface area (TPSA) is 35.9 Å². The van der Waals surface area contributed by atoms with E-state index < -0.39 is 0 Å². The molecule has 3 aromatic heterocycles. The fraction of sp³-hybridized carbons (Fsp3) is 0.0392. The molecule has 0 amide bonds. The highest BCUT2D eigenvalue weighted by Crippen LogP contribution is 2.39. The Morgan fingerprint density at radius 3 is 1.80 bits per heavy atom. The average Bonchev–Trinajstić information content (AvgIpc) is 3.92. The minimum Gasteiger partial charge on any atom is -0.455 e. The molecule has 0 bridgehead atoms. The second kappa shape index (κ2) is 13.4. The van der Waals surface area contributed by atoms with E-state index in [4.69, 9.17) is 9.40 Å². The van der Waals surface area contributed by atoms with Crippen molar-refractivity contribution in [2.45, 2.75) is 13.8 Å². The van der Waals surface area contributed by atoms with Gasteiger partial charge in [-0.1, -0.05) is 115 Å². The smallest absolute Gasteiger partial charge is 0.145 e. The number of hydrogen-bond acceptors (Lipinski definition) is 2. The third-order valence-electron chi connectivity index (χ3n) is 10.8. The molecule has 0 unspecified atom stereocenters. The molecule has 0 fully saturated rings. The zero-order chi connectivity index (χ0) is 36.9.